The normalized spacial score (nSPS) is 14.8. The molecule has 0 aromatic rings. The summed E-state index contributed by atoms with van der Waals surface area (Å²) in [4.78, 5) is 0. The molecular formula is C9H19ClO2S. The topological polar surface area (TPSA) is 34.1 Å². The first kappa shape index (κ1) is 13.2. The molecule has 0 fully saturated rings. The highest BCUT2D eigenvalue weighted by Crippen LogP contribution is 2.16. The molecule has 0 heterocycles. The minimum Gasteiger partial charge on any atom is -0.229 e. The zero-order valence-corrected chi connectivity index (χ0v) is 10.2. The summed E-state index contributed by atoms with van der Waals surface area (Å²) in [5.74, 6) is 0.759. The second-order valence-electron chi connectivity index (χ2n) is 3.89. The Labute approximate surface area is 86.6 Å². The van der Waals surface area contributed by atoms with Crippen molar-refractivity contribution in [3.63, 3.8) is 0 Å². The minimum atomic E-state index is -2.79. The molecule has 0 radical (unpaired) electrons. The number of hydrogen-bond acceptors (Lipinski definition) is 2. The average molecular weight is 227 g/mol. The third-order valence-electron chi connectivity index (χ3n) is 1.97. The summed E-state index contributed by atoms with van der Waals surface area (Å²) in [6, 6.07) is 0. The summed E-state index contributed by atoms with van der Waals surface area (Å²) in [5.41, 5.74) is 0. The predicted molar refractivity (Wildman–Crippen MR) is 58.0 cm³/mol. The van der Waals surface area contributed by atoms with Crippen LogP contribution in [0.2, 0.25) is 0 Å². The molecule has 80 valence electrons. The van der Waals surface area contributed by atoms with Crippen molar-refractivity contribution < 1.29 is 8.42 Å². The van der Waals surface area contributed by atoms with Gasteiger partial charge in [0.2, 0.25) is 0 Å². The quantitative estimate of drug-likeness (QED) is 0.515. The van der Waals surface area contributed by atoms with Gasteiger partial charge in [-0.3, -0.25) is 0 Å². The molecule has 0 saturated carbocycles. The van der Waals surface area contributed by atoms with E-state index >= 15 is 0 Å². The van der Waals surface area contributed by atoms with Gasteiger partial charge in [0.1, 0.15) is 9.84 Å². The standard InChI is InChI=1S/C9H19ClO2S/c1-8(2)9(10)6-4-5-7-13(3,11)12/h8-9H,4-7H2,1-3H3. The average Bonchev–Trinajstić information content (AvgIpc) is 1.95. The van der Waals surface area contributed by atoms with Gasteiger partial charge >= 0.3 is 0 Å². The molecule has 0 aromatic heterocycles. The van der Waals surface area contributed by atoms with Gasteiger partial charge in [-0.25, -0.2) is 8.42 Å². The number of halogens is 1. The van der Waals surface area contributed by atoms with Gasteiger partial charge in [-0.1, -0.05) is 20.3 Å². The molecule has 0 N–H and O–H groups in total. The molecular weight excluding hydrogens is 208 g/mol. The van der Waals surface area contributed by atoms with Gasteiger partial charge in [0.05, 0.1) is 0 Å². The number of sulfone groups is 1. The molecule has 13 heavy (non-hydrogen) atoms. The van der Waals surface area contributed by atoms with Gasteiger partial charge in [-0.05, 0) is 18.8 Å². The lowest BCUT2D eigenvalue weighted by atomic mass is 10.1. The van der Waals surface area contributed by atoms with Crippen LogP contribution in [0.1, 0.15) is 33.1 Å². The molecule has 0 bridgehead atoms. The first-order valence-electron chi connectivity index (χ1n) is 4.64. The van der Waals surface area contributed by atoms with E-state index in [2.05, 4.69) is 13.8 Å². The summed E-state index contributed by atoms with van der Waals surface area (Å²) in [5, 5.41) is 0.180. The van der Waals surface area contributed by atoms with Crippen LogP contribution in [0.25, 0.3) is 0 Å². The molecule has 0 spiro atoms. The SMILES string of the molecule is CC(C)C(Cl)CCCCS(C)(=O)=O. The monoisotopic (exact) mass is 226 g/mol. The largest absolute Gasteiger partial charge is 0.229 e. The van der Waals surface area contributed by atoms with E-state index in [1.807, 2.05) is 0 Å². The minimum absolute atomic E-state index is 0.180. The fourth-order valence-electron chi connectivity index (χ4n) is 1.04. The Morgan fingerprint density at radius 1 is 1.23 bits per heavy atom. The summed E-state index contributed by atoms with van der Waals surface area (Å²) >= 11 is 6.02. The highest BCUT2D eigenvalue weighted by Gasteiger charge is 2.09. The third kappa shape index (κ3) is 8.57. The third-order valence-corrected chi connectivity index (χ3v) is 3.72. The predicted octanol–water partition coefficient (Wildman–Crippen LogP) is 2.46. The molecule has 0 aliphatic heterocycles. The number of alkyl halides is 1. The van der Waals surface area contributed by atoms with Crippen molar-refractivity contribution in [2.24, 2.45) is 5.92 Å². The zero-order chi connectivity index (χ0) is 10.5. The van der Waals surface area contributed by atoms with Crippen LogP contribution in [0, 0.1) is 5.92 Å². The fraction of sp³-hybridized carbons (Fsp3) is 1.00. The molecule has 0 rings (SSSR count). The van der Waals surface area contributed by atoms with Crippen LogP contribution in [0.5, 0.6) is 0 Å². The van der Waals surface area contributed by atoms with E-state index in [1.165, 1.54) is 6.26 Å². The van der Waals surface area contributed by atoms with Crippen molar-refractivity contribution >= 4 is 21.4 Å². The van der Waals surface area contributed by atoms with Crippen LogP contribution in [0.3, 0.4) is 0 Å². The van der Waals surface area contributed by atoms with Gasteiger partial charge in [0.25, 0.3) is 0 Å². The molecule has 0 aliphatic carbocycles. The molecule has 1 atom stereocenters. The summed E-state index contributed by atoms with van der Waals surface area (Å²) in [7, 11) is -2.79. The smallest absolute Gasteiger partial charge is 0.147 e. The Morgan fingerprint density at radius 2 is 1.77 bits per heavy atom. The maximum absolute atomic E-state index is 10.8. The summed E-state index contributed by atoms with van der Waals surface area (Å²) in [6.07, 6.45) is 3.82. The van der Waals surface area contributed by atoms with E-state index in [-0.39, 0.29) is 11.1 Å². The van der Waals surface area contributed by atoms with Crippen LogP contribution in [-0.4, -0.2) is 25.8 Å². The lowest BCUT2D eigenvalue weighted by molar-refractivity contribution is 0.540. The van der Waals surface area contributed by atoms with Crippen LogP contribution < -0.4 is 0 Å². The van der Waals surface area contributed by atoms with Crippen LogP contribution >= 0.6 is 11.6 Å². The second-order valence-corrected chi connectivity index (χ2v) is 6.71. The number of unbranched alkanes of at least 4 members (excludes halogenated alkanes) is 1. The highest BCUT2D eigenvalue weighted by molar-refractivity contribution is 7.90. The van der Waals surface area contributed by atoms with E-state index in [1.54, 1.807) is 0 Å². The van der Waals surface area contributed by atoms with E-state index in [0.717, 1.165) is 19.3 Å². The van der Waals surface area contributed by atoms with E-state index in [0.29, 0.717) is 5.92 Å². The van der Waals surface area contributed by atoms with Crippen molar-refractivity contribution in [1.29, 1.82) is 0 Å². The Morgan fingerprint density at radius 3 is 2.15 bits per heavy atom. The van der Waals surface area contributed by atoms with Gasteiger partial charge in [0, 0.05) is 17.4 Å². The van der Waals surface area contributed by atoms with Gasteiger partial charge in [-0.2, -0.15) is 0 Å². The second kappa shape index (κ2) is 5.86. The van der Waals surface area contributed by atoms with Crippen LogP contribution in [0.15, 0.2) is 0 Å². The molecule has 0 saturated heterocycles. The van der Waals surface area contributed by atoms with Crippen LogP contribution in [-0.2, 0) is 9.84 Å². The van der Waals surface area contributed by atoms with E-state index < -0.39 is 9.84 Å². The van der Waals surface area contributed by atoms with Crippen LogP contribution in [0.4, 0.5) is 0 Å². The first-order valence-corrected chi connectivity index (χ1v) is 7.14. The van der Waals surface area contributed by atoms with Gasteiger partial charge < -0.3 is 0 Å². The molecule has 1 unspecified atom stereocenters. The molecule has 0 amide bonds. The van der Waals surface area contributed by atoms with Crippen molar-refractivity contribution in [3.8, 4) is 0 Å². The van der Waals surface area contributed by atoms with Crippen molar-refractivity contribution in [1.82, 2.24) is 0 Å². The number of rotatable bonds is 6. The fourth-order valence-corrected chi connectivity index (χ4v) is 1.92. The summed E-state index contributed by atoms with van der Waals surface area (Å²) in [6.45, 7) is 4.16. The summed E-state index contributed by atoms with van der Waals surface area (Å²) < 4.78 is 21.6. The molecule has 0 aromatic carbocycles. The van der Waals surface area contributed by atoms with Gasteiger partial charge in [-0.15, -0.1) is 11.6 Å². The molecule has 2 nitrogen and oxygen atoms in total. The van der Waals surface area contributed by atoms with E-state index in [4.69, 9.17) is 11.6 Å². The maximum Gasteiger partial charge on any atom is 0.147 e. The molecule has 4 heteroatoms. The first-order chi connectivity index (χ1) is 5.83. The van der Waals surface area contributed by atoms with Crippen molar-refractivity contribution in [3.05, 3.63) is 0 Å². The lowest BCUT2D eigenvalue weighted by Gasteiger charge is -2.12. The Hall–Kier alpha value is 0.240. The number of hydrogen-bond donors (Lipinski definition) is 0. The Balaban J connectivity index is 3.47. The van der Waals surface area contributed by atoms with Crippen molar-refractivity contribution in [2.45, 2.75) is 38.5 Å². The molecule has 0 aliphatic rings. The maximum atomic E-state index is 10.8. The van der Waals surface area contributed by atoms with E-state index in [9.17, 15) is 8.42 Å². The highest BCUT2D eigenvalue weighted by atomic mass is 35.5. The van der Waals surface area contributed by atoms with Gasteiger partial charge in [0.15, 0.2) is 0 Å². The lowest BCUT2D eigenvalue weighted by Crippen LogP contribution is -2.09. The zero-order valence-electron chi connectivity index (χ0n) is 8.59. The Kier molecular flexibility index (Phi) is 5.97. The van der Waals surface area contributed by atoms with Crippen molar-refractivity contribution in [2.75, 3.05) is 12.0 Å². The Bertz CT molecular complexity index is 222.